The van der Waals surface area contributed by atoms with Gasteiger partial charge >= 0.3 is 205 Å². The average Bonchev–Trinajstić information content (AvgIpc) is 3.47. The second kappa shape index (κ2) is 8.39. The maximum atomic E-state index is 9.87. The molecule has 0 spiro atoms. The molecule has 0 saturated heterocycles. The van der Waals surface area contributed by atoms with Crippen LogP contribution in [0.25, 0.3) is 21.4 Å². The van der Waals surface area contributed by atoms with Crippen LogP contribution < -0.4 is 13.8 Å². The third-order valence-electron chi connectivity index (χ3n) is 5.20. The number of hydrogen-bond acceptors (Lipinski definition) is 3. The minimum atomic E-state index is 0.0907. The molecule has 0 unspecified atom stereocenters. The standard InChI is InChI=1S/C26H15N3Se3/c27-16-17(26-28-19-7-1-4-10-22(19)32-26)15-18-13-14-25(30-18)29-20-8-2-5-11-23(20)31-24-12-6-3-9-21(24)29/h1-15H/b17-15+. The Labute approximate surface area is 204 Å². The fourth-order valence-electron chi connectivity index (χ4n) is 3.75. The van der Waals surface area contributed by atoms with Crippen molar-refractivity contribution in [2.75, 3.05) is 4.90 Å². The summed E-state index contributed by atoms with van der Waals surface area (Å²) in [6.45, 7) is 0. The summed E-state index contributed by atoms with van der Waals surface area (Å²) in [6.07, 6.45) is 2.06. The molecule has 5 aromatic rings. The SMILES string of the molecule is N#C/C(=C\c1ccc(N2c3ccccc3[Se]c3ccccc32)[se]1)c1nc2ccccc2[se]1. The fourth-order valence-corrected chi connectivity index (χ4v) is 9.98. The molecule has 3 nitrogen and oxygen atoms in total. The molecule has 152 valence electrons. The first-order valence-corrected chi connectivity index (χ1v) is 15.2. The molecule has 32 heavy (non-hydrogen) atoms. The number of aromatic nitrogens is 1. The van der Waals surface area contributed by atoms with Crippen molar-refractivity contribution in [1.29, 1.82) is 5.26 Å². The van der Waals surface area contributed by atoms with E-state index in [9.17, 15) is 5.26 Å². The van der Waals surface area contributed by atoms with E-state index in [1.165, 1.54) is 33.6 Å². The number of nitrogens with zero attached hydrogens (tertiary/aromatic N) is 3. The topological polar surface area (TPSA) is 39.9 Å². The van der Waals surface area contributed by atoms with E-state index in [1.54, 1.807) is 0 Å². The second-order valence-electron chi connectivity index (χ2n) is 7.21. The van der Waals surface area contributed by atoms with E-state index in [0.29, 0.717) is 20.5 Å². The van der Waals surface area contributed by atoms with Crippen LogP contribution >= 0.6 is 0 Å². The van der Waals surface area contributed by atoms with Crippen molar-refractivity contribution in [2.24, 2.45) is 0 Å². The van der Waals surface area contributed by atoms with E-state index in [4.69, 9.17) is 4.98 Å². The van der Waals surface area contributed by atoms with Crippen molar-refractivity contribution < 1.29 is 0 Å². The fraction of sp³-hybridized carbons (Fsp3) is 0. The Bertz CT molecular complexity index is 1460. The van der Waals surface area contributed by atoms with Gasteiger partial charge in [0.25, 0.3) is 0 Å². The normalized spacial score (nSPS) is 13.0. The van der Waals surface area contributed by atoms with Crippen LogP contribution in [0.3, 0.4) is 0 Å². The summed E-state index contributed by atoms with van der Waals surface area (Å²) < 4.78 is 7.53. The molecule has 0 radical (unpaired) electrons. The molecule has 3 aromatic carbocycles. The number of nitriles is 1. The van der Waals surface area contributed by atoms with Gasteiger partial charge in [-0.2, -0.15) is 0 Å². The van der Waals surface area contributed by atoms with Gasteiger partial charge in [0.15, 0.2) is 0 Å². The van der Waals surface area contributed by atoms with E-state index < -0.39 is 0 Å². The molecule has 0 N–H and O–H groups in total. The number of benzene rings is 3. The van der Waals surface area contributed by atoms with Crippen molar-refractivity contribution in [2.45, 2.75) is 0 Å². The first-order chi connectivity index (χ1) is 15.8. The summed E-state index contributed by atoms with van der Waals surface area (Å²) in [6, 6.07) is 32.5. The van der Waals surface area contributed by atoms with E-state index in [1.807, 2.05) is 18.2 Å². The van der Waals surface area contributed by atoms with Crippen LogP contribution in [0.5, 0.6) is 0 Å². The molecular formula is C26H15N3Se3. The predicted molar refractivity (Wildman–Crippen MR) is 135 cm³/mol. The number of allylic oxidation sites excluding steroid dienone is 1. The third kappa shape index (κ3) is 3.54. The Morgan fingerprint density at radius 3 is 2.22 bits per heavy atom. The molecule has 0 aliphatic carbocycles. The molecule has 0 atom stereocenters. The number of para-hydroxylation sites is 3. The van der Waals surface area contributed by atoms with Crippen molar-refractivity contribution >= 4 is 90.2 Å². The number of hydrogen-bond donors (Lipinski definition) is 0. The van der Waals surface area contributed by atoms with Gasteiger partial charge in [-0.25, -0.2) is 0 Å². The molecule has 0 amide bonds. The summed E-state index contributed by atoms with van der Waals surface area (Å²) in [5.74, 6) is 0. The Morgan fingerprint density at radius 2 is 1.50 bits per heavy atom. The molecule has 0 bridgehead atoms. The van der Waals surface area contributed by atoms with Gasteiger partial charge in [0.2, 0.25) is 0 Å². The Hall–Kier alpha value is -2.60. The van der Waals surface area contributed by atoms with E-state index >= 15 is 0 Å². The molecular weight excluding hydrogens is 591 g/mol. The third-order valence-corrected chi connectivity index (χ3v) is 11.9. The van der Waals surface area contributed by atoms with Gasteiger partial charge in [-0.3, -0.25) is 0 Å². The van der Waals surface area contributed by atoms with Gasteiger partial charge < -0.3 is 0 Å². The number of anilines is 3. The Morgan fingerprint density at radius 1 is 0.812 bits per heavy atom. The molecule has 2 aromatic heterocycles. The average molecular weight is 606 g/mol. The summed E-state index contributed by atoms with van der Waals surface area (Å²) in [4.78, 5) is 7.16. The quantitative estimate of drug-likeness (QED) is 0.227. The Kier molecular flexibility index (Phi) is 5.26. The zero-order valence-corrected chi connectivity index (χ0v) is 21.9. The van der Waals surface area contributed by atoms with Gasteiger partial charge in [-0.15, -0.1) is 0 Å². The van der Waals surface area contributed by atoms with Crippen LogP contribution in [-0.4, -0.2) is 48.9 Å². The first-order valence-electron chi connectivity index (χ1n) is 10.0. The zero-order valence-electron chi connectivity index (χ0n) is 16.7. The monoisotopic (exact) mass is 609 g/mol. The predicted octanol–water partition coefficient (Wildman–Crippen LogP) is 3.85. The Balaban J connectivity index is 1.42. The van der Waals surface area contributed by atoms with Crippen LogP contribution in [0.4, 0.5) is 15.9 Å². The summed E-state index contributed by atoms with van der Waals surface area (Å²) in [5, 5.41) is 9.87. The molecule has 6 heteroatoms. The van der Waals surface area contributed by atoms with E-state index in [2.05, 4.69) is 83.8 Å². The van der Waals surface area contributed by atoms with Gasteiger partial charge in [0.1, 0.15) is 0 Å². The van der Waals surface area contributed by atoms with Gasteiger partial charge in [-0.05, 0) is 0 Å². The van der Waals surface area contributed by atoms with Crippen molar-refractivity contribution in [1.82, 2.24) is 4.98 Å². The van der Waals surface area contributed by atoms with Crippen molar-refractivity contribution in [3.05, 3.63) is 93.9 Å². The van der Waals surface area contributed by atoms with Crippen LogP contribution in [0.1, 0.15) is 9.01 Å². The van der Waals surface area contributed by atoms with Crippen LogP contribution in [0.2, 0.25) is 0 Å². The van der Waals surface area contributed by atoms with E-state index in [-0.39, 0.29) is 29.0 Å². The molecule has 1 aliphatic rings. The minimum absolute atomic E-state index is 0.0907. The molecule has 3 heterocycles. The summed E-state index contributed by atoms with van der Waals surface area (Å²) in [5.41, 5.74) is 4.29. The van der Waals surface area contributed by atoms with Crippen LogP contribution in [0, 0.1) is 11.3 Å². The molecule has 0 fully saturated rings. The van der Waals surface area contributed by atoms with Gasteiger partial charge in [0.05, 0.1) is 0 Å². The van der Waals surface area contributed by atoms with Crippen molar-refractivity contribution in [3.63, 3.8) is 0 Å². The van der Waals surface area contributed by atoms with E-state index in [0.717, 1.165) is 10.1 Å². The van der Waals surface area contributed by atoms with Gasteiger partial charge in [0, 0.05) is 0 Å². The maximum absolute atomic E-state index is 9.87. The summed E-state index contributed by atoms with van der Waals surface area (Å²) >= 11 is 0.525. The van der Waals surface area contributed by atoms with Crippen molar-refractivity contribution in [3.8, 4) is 6.07 Å². The molecule has 0 saturated carbocycles. The molecule has 1 aliphatic heterocycles. The summed E-state index contributed by atoms with van der Waals surface area (Å²) in [7, 11) is 0. The van der Waals surface area contributed by atoms with Crippen LogP contribution in [-0.2, 0) is 0 Å². The van der Waals surface area contributed by atoms with Crippen LogP contribution in [0.15, 0.2) is 84.9 Å². The second-order valence-corrected chi connectivity index (χ2v) is 13.9. The number of rotatable bonds is 3. The van der Waals surface area contributed by atoms with Gasteiger partial charge in [-0.1, -0.05) is 0 Å². The number of fused-ring (bicyclic) bond motifs is 3. The molecule has 6 rings (SSSR count). The first kappa shape index (κ1) is 20.0. The zero-order chi connectivity index (χ0) is 21.5.